The van der Waals surface area contributed by atoms with Gasteiger partial charge in [-0.1, -0.05) is 0 Å². The van der Waals surface area contributed by atoms with Crippen molar-refractivity contribution in [3.63, 3.8) is 0 Å². The van der Waals surface area contributed by atoms with Crippen LogP contribution >= 0.6 is 11.3 Å². The third-order valence-corrected chi connectivity index (χ3v) is 3.34. The Bertz CT molecular complexity index is 250. The lowest BCUT2D eigenvalue weighted by atomic mass is 10.1. The second kappa shape index (κ2) is 3.37. The van der Waals surface area contributed by atoms with Crippen molar-refractivity contribution in [3.8, 4) is 0 Å². The van der Waals surface area contributed by atoms with Crippen LogP contribution in [0.3, 0.4) is 0 Å². The average Bonchev–Trinajstić information content (AvgIpc) is 2.19. The summed E-state index contributed by atoms with van der Waals surface area (Å²) in [6.07, 6.45) is 0. The summed E-state index contributed by atoms with van der Waals surface area (Å²) in [7, 11) is 1.74. The molecule has 0 unspecified atom stereocenters. The standard InChI is InChI=1S/C9H14OS/c1-6-7(2)9(5-10-4)11-8(6)3/h5H2,1-4H3. The van der Waals surface area contributed by atoms with Gasteiger partial charge in [0.05, 0.1) is 6.61 Å². The minimum Gasteiger partial charge on any atom is -0.379 e. The molecule has 0 aliphatic heterocycles. The zero-order chi connectivity index (χ0) is 8.43. The van der Waals surface area contributed by atoms with Crippen molar-refractivity contribution in [1.29, 1.82) is 0 Å². The van der Waals surface area contributed by atoms with E-state index in [0.717, 1.165) is 6.61 Å². The summed E-state index contributed by atoms with van der Waals surface area (Å²) < 4.78 is 5.09. The van der Waals surface area contributed by atoms with Crippen LogP contribution in [-0.2, 0) is 11.3 Å². The minimum absolute atomic E-state index is 0.755. The molecular formula is C9H14OS. The fraction of sp³-hybridized carbons (Fsp3) is 0.556. The van der Waals surface area contributed by atoms with Crippen LogP contribution in [0.4, 0.5) is 0 Å². The van der Waals surface area contributed by atoms with Crippen LogP contribution in [0.1, 0.15) is 20.9 Å². The molecule has 0 radical (unpaired) electrons. The number of hydrogen-bond donors (Lipinski definition) is 0. The van der Waals surface area contributed by atoms with Crippen LogP contribution in [0.5, 0.6) is 0 Å². The lowest BCUT2D eigenvalue weighted by Gasteiger charge is -1.96. The normalized spacial score (nSPS) is 10.5. The van der Waals surface area contributed by atoms with Crippen LogP contribution in [0.25, 0.3) is 0 Å². The number of hydrogen-bond acceptors (Lipinski definition) is 2. The van der Waals surface area contributed by atoms with E-state index in [-0.39, 0.29) is 0 Å². The molecule has 0 N–H and O–H groups in total. The van der Waals surface area contributed by atoms with E-state index in [1.807, 2.05) is 11.3 Å². The summed E-state index contributed by atoms with van der Waals surface area (Å²) in [4.78, 5) is 2.78. The molecule has 1 aromatic rings. The minimum atomic E-state index is 0.755. The SMILES string of the molecule is COCc1sc(C)c(C)c1C. The molecule has 0 bridgehead atoms. The molecule has 0 aliphatic carbocycles. The van der Waals surface area contributed by atoms with Crippen molar-refractivity contribution in [3.05, 3.63) is 20.9 Å². The van der Waals surface area contributed by atoms with Crippen molar-refractivity contribution >= 4 is 11.3 Å². The van der Waals surface area contributed by atoms with Gasteiger partial charge in [0.25, 0.3) is 0 Å². The Labute approximate surface area is 72.0 Å². The highest BCUT2D eigenvalue weighted by Crippen LogP contribution is 2.26. The Balaban J connectivity index is 2.98. The topological polar surface area (TPSA) is 9.23 Å². The molecule has 0 aromatic carbocycles. The van der Waals surface area contributed by atoms with Crippen LogP contribution in [0, 0.1) is 20.8 Å². The molecule has 62 valence electrons. The molecule has 0 aliphatic rings. The summed E-state index contributed by atoms with van der Waals surface area (Å²) in [6.45, 7) is 7.24. The van der Waals surface area contributed by atoms with Gasteiger partial charge in [-0.15, -0.1) is 11.3 Å². The van der Waals surface area contributed by atoms with Gasteiger partial charge >= 0.3 is 0 Å². The summed E-state index contributed by atoms with van der Waals surface area (Å²) >= 11 is 1.84. The maximum absolute atomic E-state index is 5.09. The van der Waals surface area contributed by atoms with E-state index in [2.05, 4.69) is 20.8 Å². The van der Waals surface area contributed by atoms with Gasteiger partial charge in [-0.05, 0) is 31.9 Å². The first-order valence-corrected chi connectivity index (χ1v) is 4.53. The van der Waals surface area contributed by atoms with Crippen LogP contribution in [-0.4, -0.2) is 7.11 Å². The predicted molar refractivity (Wildman–Crippen MR) is 49.2 cm³/mol. The number of rotatable bonds is 2. The van der Waals surface area contributed by atoms with Crippen molar-refractivity contribution < 1.29 is 4.74 Å². The first-order valence-electron chi connectivity index (χ1n) is 3.71. The van der Waals surface area contributed by atoms with Gasteiger partial charge in [-0.25, -0.2) is 0 Å². The molecule has 11 heavy (non-hydrogen) atoms. The molecule has 0 atom stereocenters. The van der Waals surface area contributed by atoms with E-state index < -0.39 is 0 Å². The lowest BCUT2D eigenvalue weighted by Crippen LogP contribution is -1.85. The Morgan fingerprint density at radius 1 is 1.18 bits per heavy atom. The van der Waals surface area contributed by atoms with Crippen molar-refractivity contribution in [2.45, 2.75) is 27.4 Å². The van der Waals surface area contributed by atoms with Gasteiger partial charge in [0.15, 0.2) is 0 Å². The summed E-state index contributed by atoms with van der Waals surface area (Å²) in [5, 5.41) is 0. The average molecular weight is 170 g/mol. The zero-order valence-electron chi connectivity index (χ0n) is 7.52. The summed E-state index contributed by atoms with van der Waals surface area (Å²) in [6, 6.07) is 0. The molecule has 0 saturated carbocycles. The highest BCUT2D eigenvalue weighted by Gasteiger charge is 2.06. The first-order chi connectivity index (χ1) is 5.16. The highest BCUT2D eigenvalue weighted by atomic mass is 32.1. The largest absolute Gasteiger partial charge is 0.379 e. The van der Waals surface area contributed by atoms with Crippen molar-refractivity contribution in [2.75, 3.05) is 7.11 Å². The second-order valence-electron chi connectivity index (χ2n) is 2.76. The third-order valence-electron chi connectivity index (χ3n) is 2.06. The Kier molecular flexibility index (Phi) is 2.68. The fourth-order valence-electron chi connectivity index (χ4n) is 1.08. The smallest absolute Gasteiger partial charge is 0.0808 e. The van der Waals surface area contributed by atoms with E-state index in [9.17, 15) is 0 Å². The van der Waals surface area contributed by atoms with E-state index in [1.165, 1.54) is 20.9 Å². The maximum atomic E-state index is 5.09. The molecule has 0 saturated heterocycles. The van der Waals surface area contributed by atoms with Crippen molar-refractivity contribution in [1.82, 2.24) is 0 Å². The van der Waals surface area contributed by atoms with E-state index in [4.69, 9.17) is 4.74 Å². The van der Waals surface area contributed by atoms with Crippen molar-refractivity contribution in [2.24, 2.45) is 0 Å². The number of methoxy groups -OCH3 is 1. The van der Waals surface area contributed by atoms with Crippen LogP contribution in [0.2, 0.25) is 0 Å². The Morgan fingerprint density at radius 2 is 1.82 bits per heavy atom. The van der Waals surface area contributed by atoms with Gasteiger partial charge < -0.3 is 4.74 Å². The molecular weight excluding hydrogens is 156 g/mol. The second-order valence-corrected chi connectivity index (χ2v) is 4.07. The third kappa shape index (κ3) is 1.63. The molecule has 0 spiro atoms. The van der Waals surface area contributed by atoms with Crippen LogP contribution in [0.15, 0.2) is 0 Å². The highest BCUT2D eigenvalue weighted by molar-refractivity contribution is 7.12. The molecule has 1 aromatic heterocycles. The van der Waals surface area contributed by atoms with E-state index in [0.29, 0.717) is 0 Å². The Hall–Kier alpha value is -0.340. The van der Waals surface area contributed by atoms with Gasteiger partial charge in [-0.2, -0.15) is 0 Å². The summed E-state index contributed by atoms with van der Waals surface area (Å²) in [5.41, 5.74) is 2.82. The zero-order valence-corrected chi connectivity index (χ0v) is 8.34. The van der Waals surface area contributed by atoms with Gasteiger partial charge in [0.2, 0.25) is 0 Å². The first kappa shape index (κ1) is 8.75. The molecule has 1 nitrogen and oxygen atoms in total. The number of aryl methyl sites for hydroxylation is 1. The lowest BCUT2D eigenvalue weighted by molar-refractivity contribution is 0.187. The fourth-order valence-corrected chi connectivity index (χ4v) is 2.24. The quantitative estimate of drug-likeness (QED) is 0.663. The maximum Gasteiger partial charge on any atom is 0.0808 e. The molecule has 1 heterocycles. The van der Waals surface area contributed by atoms with E-state index in [1.54, 1.807) is 7.11 Å². The van der Waals surface area contributed by atoms with Crippen LogP contribution < -0.4 is 0 Å². The van der Waals surface area contributed by atoms with Gasteiger partial charge in [0, 0.05) is 16.9 Å². The predicted octanol–water partition coefficient (Wildman–Crippen LogP) is 2.82. The monoisotopic (exact) mass is 170 g/mol. The molecule has 2 heteroatoms. The van der Waals surface area contributed by atoms with Gasteiger partial charge in [-0.3, -0.25) is 0 Å². The summed E-state index contributed by atoms with van der Waals surface area (Å²) in [5.74, 6) is 0. The number of ether oxygens (including phenoxy) is 1. The molecule has 1 rings (SSSR count). The Morgan fingerprint density at radius 3 is 2.18 bits per heavy atom. The number of thiophene rings is 1. The van der Waals surface area contributed by atoms with Gasteiger partial charge in [0.1, 0.15) is 0 Å². The van der Waals surface area contributed by atoms with E-state index >= 15 is 0 Å². The molecule has 0 amide bonds. The molecule has 0 fully saturated rings.